The minimum atomic E-state index is -3.36. The lowest BCUT2D eigenvalue weighted by Gasteiger charge is -2.23. The highest BCUT2D eigenvalue weighted by Gasteiger charge is 2.17. The smallest absolute Gasteiger partial charge is 0.242 e. The fraction of sp³-hybridized carbons (Fsp3) is 0.571. The number of hydrogen-bond donors (Lipinski definition) is 2. The van der Waals surface area contributed by atoms with Crippen molar-refractivity contribution in [2.24, 2.45) is 5.92 Å². The summed E-state index contributed by atoms with van der Waals surface area (Å²) in [7, 11) is -0.267. The highest BCUT2D eigenvalue weighted by Crippen LogP contribution is 2.19. The fourth-order valence-electron chi connectivity index (χ4n) is 2.33. The van der Waals surface area contributed by atoms with Gasteiger partial charge in [-0.2, -0.15) is 0 Å². The zero-order chi connectivity index (χ0) is 14.6. The molecular weight excluding hydrogens is 274 g/mol. The molecule has 1 aromatic carbocycles. The van der Waals surface area contributed by atoms with Gasteiger partial charge in [0.05, 0.1) is 4.90 Å². The molecule has 0 spiro atoms. The second kappa shape index (κ2) is 6.56. The van der Waals surface area contributed by atoms with Crippen molar-refractivity contribution in [3.8, 4) is 0 Å². The van der Waals surface area contributed by atoms with Gasteiger partial charge in [-0.15, -0.1) is 0 Å². The van der Waals surface area contributed by atoms with Crippen LogP contribution in [0.1, 0.15) is 12.8 Å². The van der Waals surface area contributed by atoms with E-state index in [4.69, 9.17) is 0 Å². The third-order valence-electron chi connectivity index (χ3n) is 3.67. The van der Waals surface area contributed by atoms with Gasteiger partial charge in [-0.1, -0.05) is 6.07 Å². The molecule has 5 nitrogen and oxygen atoms in total. The lowest BCUT2D eigenvalue weighted by molar-refractivity contribution is 0.390. The zero-order valence-electron chi connectivity index (χ0n) is 12.1. The fourth-order valence-corrected chi connectivity index (χ4v) is 3.27. The Morgan fingerprint density at radius 2 is 2.00 bits per heavy atom. The van der Waals surface area contributed by atoms with Crippen molar-refractivity contribution in [1.29, 1.82) is 0 Å². The van der Waals surface area contributed by atoms with Gasteiger partial charge in [0.25, 0.3) is 0 Å². The van der Waals surface area contributed by atoms with Crippen molar-refractivity contribution in [2.45, 2.75) is 17.7 Å². The van der Waals surface area contributed by atoms with Gasteiger partial charge in [-0.3, -0.25) is 0 Å². The minimum absolute atomic E-state index is 0.331. The van der Waals surface area contributed by atoms with E-state index in [1.54, 1.807) is 32.3 Å². The molecule has 1 fully saturated rings. The lowest BCUT2D eigenvalue weighted by Crippen LogP contribution is -2.31. The second-order valence-electron chi connectivity index (χ2n) is 5.39. The van der Waals surface area contributed by atoms with Crippen molar-refractivity contribution in [2.75, 3.05) is 39.0 Å². The number of benzene rings is 1. The summed E-state index contributed by atoms with van der Waals surface area (Å²) in [6, 6.07) is 7.03. The molecule has 0 aliphatic carbocycles. The van der Waals surface area contributed by atoms with E-state index in [2.05, 4.69) is 10.6 Å². The van der Waals surface area contributed by atoms with Crippen LogP contribution in [0.4, 0.5) is 5.69 Å². The number of piperidine rings is 1. The largest absolute Gasteiger partial charge is 0.385 e. The summed E-state index contributed by atoms with van der Waals surface area (Å²) < 4.78 is 25.4. The van der Waals surface area contributed by atoms with E-state index >= 15 is 0 Å². The highest BCUT2D eigenvalue weighted by molar-refractivity contribution is 7.89. The van der Waals surface area contributed by atoms with E-state index < -0.39 is 10.0 Å². The van der Waals surface area contributed by atoms with Gasteiger partial charge in [0.15, 0.2) is 0 Å². The van der Waals surface area contributed by atoms with Crippen LogP contribution in [0, 0.1) is 5.92 Å². The van der Waals surface area contributed by atoms with Gasteiger partial charge in [-0.25, -0.2) is 12.7 Å². The minimum Gasteiger partial charge on any atom is -0.385 e. The molecule has 6 heteroatoms. The number of rotatable bonds is 5. The van der Waals surface area contributed by atoms with Crippen LogP contribution < -0.4 is 10.6 Å². The maximum absolute atomic E-state index is 12.1. The van der Waals surface area contributed by atoms with E-state index in [0.717, 1.165) is 25.3 Å². The molecule has 0 unspecified atom stereocenters. The molecule has 1 saturated heterocycles. The summed E-state index contributed by atoms with van der Waals surface area (Å²) in [5.41, 5.74) is 0.867. The van der Waals surface area contributed by atoms with Crippen molar-refractivity contribution in [1.82, 2.24) is 9.62 Å². The predicted molar refractivity (Wildman–Crippen MR) is 81.4 cm³/mol. The van der Waals surface area contributed by atoms with Crippen LogP contribution in [0.5, 0.6) is 0 Å². The Balaban J connectivity index is 2.02. The Kier molecular flexibility index (Phi) is 5.01. The quantitative estimate of drug-likeness (QED) is 0.861. The van der Waals surface area contributed by atoms with Crippen LogP contribution in [-0.2, 0) is 10.0 Å². The Bertz CT molecular complexity index is 537. The normalized spacial score (nSPS) is 17.4. The maximum Gasteiger partial charge on any atom is 0.242 e. The SMILES string of the molecule is CN(C)S(=O)(=O)c1cccc(NCC2CCNCC2)c1. The molecule has 1 aromatic rings. The molecule has 0 bridgehead atoms. The molecule has 112 valence electrons. The first-order chi connectivity index (χ1) is 9.50. The Hall–Kier alpha value is -1.11. The van der Waals surface area contributed by atoms with Gasteiger partial charge >= 0.3 is 0 Å². The Morgan fingerprint density at radius 3 is 2.65 bits per heavy atom. The summed E-state index contributed by atoms with van der Waals surface area (Å²) in [5, 5.41) is 6.70. The average Bonchev–Trinajstić information content (AvgIpc) is 2.46. The third-order valence-corrected chi connectivity index (χ3v) is 5.48. The van der Waals surface area contributed by atoms with Crippen molar-refractivity contribution in [3.63, 3.8) is 0 Å². The molecule has 0 radical (unpaired) electrons. The summed E-state index contributed by atoms with van der Waals surface area (Å²) in [4.78, 5) is 0.331. The predicted octanol–water partition coefficient (Wildman–Crippen LogP) is 1.35. The molecule has 1 aliphatic heterocycles. The van der Waals surface area contributed by atoms with E-state index in [1.165, 1.54) is 17.1 Å². The highest BCUT2D eigenvalue weighted by atomic mass is 32.2. The first-order valence-electron chi connectivity index (χ1n) is 6.97. The maximum atomic E-state index is 12.1. The third kappa shape index (κ3) is 3.71. The van der Waals surface area contributed by atoms with Crippen LogP contribution >= 0.6 is 0 Å². The van der Waals surface area contributed by atoms with Gasteiger partial charge in [0.2, 0.25) is 10.0 Å². The molecule has 1 aliphatic rings. The lowest BCUT2D eigenvalue weighted by atomic mass is 9.98. The molecule has 2 rings (SSSR count). The Morgan fingerprint density at radius 1 is 1.30 bits per heavy atom. The summed E-state index contributed by atoms with van der Waals surface area (Å²) in [5.74, 6) is 0.658. The number of anilines is 1. The van der Waals surface area contributed by atoms with Crippen molar-refractivity contribution >= 4 is 15.7 Å². The van der Waals surface area contributed by atoms with E-state index in [9.17, 15) is 8.42 Å². The monoisotopic (exact) mass is 297 g/mol. The summed E-state index contributed by atoms with van der Waals surface area (Å²) in [6.45, 7) is 3.04. The molecule has 0 aromatic heterocycles. The van der Waals surface area contributed by atoms with Crippen molar-refractivity contribution < 1.29 is 8.42 Å². The topological polar surface area (TPSA) is 61.4 Å². The molecule has 2 N–H and O–H groups in total. The first-order valence-corrected chi connectivity index (χ1v) is 8.41. The van der Waals surface area contributed by atoms with Crippen molar-refractivity contribution in [3.05, 3.63) is 24.3 Å². The average molecular weight is 297 g/mol. The first kappa shape index (κ1) is 15.3. The molecule has 0 atom stereocenters. The van der Waals surface area contributed by atoms with E-state index in [-0.39, 0.29) is 0 Å². The molecule has 0 amide bonds. The van der Waals surface area contributed by atoms with Gasteiger partial charge in [0.1, 0.15) is 0 Å². The number of hydrogen-bond acceptors (Lipinski definition) is 4. The zero-order valence-corrected chi connectivity index (χ0v) is 12.9. The van der Waals surface area contributed by atoms with Crippen LogP contribution in [0.25, 0.3) is 0 Å². The number of nitrogens with one attached hydrogen (secondary N) is 2. The number of sulfonamides is 1. The van der Waals surface area contributed by atoms with E-state index in [1.807, 2.05) is 6.07 Å². The van der Waals surface area contributed by atoms with Crippen LogP contribution in [-0.4, -0.2) is 46.5 Å². The van der Waals surface area contributed by atoms with Crippen LogP contribution in [0.3, 0.4) is 0 Å². The summed E-state index contributed by atoms with van der Waals surface area (Å²) in [6.07, 6.45) is 2.34. The van der Waals surface area contributed by atoms with Gasteiger partial charge in [0, 0.05) is 26.3 Å². The van der Waals surface area contributed by atoms with Gasteiger partial charge < -0.3 is 10.6 Å². The number of nitrogens with zero attached hydrogens (tertiary/aromatic N) is 1. The standard InChI is InChI=1S/C14H23N3O2S/c1-17(2)20(18,19)14-5-3-4-13(10-14)16-11-12-6-8-15-9-7-12/h3-5,10,12,15-16H,6-9,11H2,1-2H3. The van der Waals surface area contributed by atoms with Gasteiger partial charge in [-0.05, 0) is 50.0 Å². The molecule has 20 heavy (non-hydrogen) atoms. The molecule has 0 saturated carbocycles. The summed E-state index contributed by atoms with van der Waals surface area (Å²) >= 11 is 0. The molecular formula is C14H23N3O2S. The molecule has 1 heterocycles. The van der Waals surface area contributed by atoms with E-state index in [0.29, 0.717) is 10.8 Å². The second-order valence-corrected chi connectivity index (χ2v) is 7.54. The Labute approximate surface area is 121 Å². The van der Waals surface area contributed by atoms with Crippen LogP contribution in [0.2, 0.25) is 0 Å². The van der Waals surface area contributed by atoms with Crippen LogP contribution in [0.15, 0.2) is 29.2 Å².